The number of hydrogen-bond acceptors (Lipinski definition) is 2. The fourth-order valence-corrected chi connectivity index (χ4v) is 2.10. The van der Waals surface area contributed by atoms with Gasteiger partial charge in [-0.25, -0.2) is 4.39 Å². The van der Waals surface area contributed by atoms with Crippen molar-refractivity contribution in [1.29, 1.82) is 0 Å². The Balaban J connectivity index is 1.73. The van der Waals surface area contributed by atoms with Gasteiger partial charge in [-0.1, -0.05) is 6.92 Å². The van der Waals surface area contributed by atoms with E-state index >= 15 is 0 Å². The molecule has 1 aliphatic carbocycles. The average Bonchev–Trinajstić information content (AvgIpc) is 3.10. The second kappa shape index (κ2) is 6.03. The van der Waals surface area contributed by atoms with Crippen LogP contribution in [0.4, 0.5) is 10.1 Å². The summed E-state index contributed by atoms with van der Waals surface area (Å²) in [7, 11) is 0. The lowest BCUT2D eigenvalue weighted by atomic mass is 10.2. The quantitative estimate of drug-likeness (QED) is 0.867. The first kappa shape index (κ1) is 14.5. The van der Waals surface area contributed by atoms with Gasteiger partial charge >= 0.3 is 0 Å². The molecule has 108 valence electrons. The van der Waals surface area contributed by atoms with Crippen LogP contribution in [0, 0.1) is 24.6 Å². The monoisotopic (exact) mass is 278 g/mol. The molecule has 0 heterocycles. The van der Waals surface area contributed by atoms with E-state index in [2.05, 4.69) is 10.6 Å². The molecular weight excluding hydrogens is 259 g/mol. The van der Waals surface area contributed by atoms with Crippen molar-refractivity contribution in [2.75, 3.05) is 11.9 Å². The maximum absolute atomic E-state index is 12.9. The van der Waals surface area contributed by atoms with E-state index in [9.17, 15) is 14.0 Å². The topological polar surface area (TPSA) is 58.2 Å². The Hall–Kier alpha value is -1.91. The van der Waals surface area contributed by atoms with Crippen LogP contribution in [-0.4, -0.2) is 18.4 Å². The van der Waals surface area contributed by atoms with Gasteiger partial charge < -0.3 is 10.6 Å². The number of halogens is 1. The lowest BCUT2D eigenvalue weighted by Crippen LogP contribution is -2.29. The summed E-state index contributed by atoms with van der Waals surface area (Å²) in [5.74, 6) is 0.0986. The van der Waals surface area contributed by atoms with Crippen LogP contribution in [0.3, 0.4) is 0 Å². The molecule has 0 bridgehead atoms. The van der Waals surface area contributed by atoms with Crippen LogP contribution in [-0.2, 0) is 9.59 Å². The molecule has 1 fully saturated rings. The van der Waals surface area contributed by atoms with Gasteiger partial charge in [0.15, 0.2) is 0 Å². The van der Waals surface area contributed by atoms with Crippen molar-refractivity contribution in [3.8, 4) is 0 Å². The standard InChI is InChI=1S/C15H19FN2O2/c1-9-8-12(9)15(20)17-6-5-14(19)18-13-4-3-11(16)7-10(13)2/h3-4,7,9,12H,5-6,8H2,1-2H3,(H,17,20)(H,18,19)/t9-,12-/m0/s1. The molecule has 2 rings (SSSR count). The SMILES string of the molecule is Cc1cc(F)ccc1NC(=O)CCNC(=O)[C@H]1C[C@@H]1C. The lowest BCUT2D eigenvalue weighted by molar-refractivity contribution is -0.122. The van der Waals surface area contributed by atoms with Gasteiger partial charge in [0.2, 0.25) is 11.8 Å². The van der Waals surface area contributed by atoms with E-state index in [1.807, 2.05) is 6.92 Å². The zero-order valence-electron chi connectivity index (χ0n) is 11.7. The van der Waals surface area contributed by atoms with Crippen LogP contribution in [0.2, 0.25) is 0 Å². The van der Waals surface area contributed by atoms with E-state index < -0.39 is 0 Å². The highest BCUT2D eigenvalue weighted by Crippen LogP contribution is 2.37. The molecule has 5 heteroatoms. The van der Waals surface area contributed by atoms with E-state index in [1.54, 1.807) is 6.92 Å². The molecule has 0 aliphatic heterocycles. The summed E-state index contributed by atoms with van der Waals surface area (Å²) in [4.78, 5) is 23.3. The van der Waals surface area contributed by atoms with Gasteiger partial charge in [-0.05, 0) is 43.0 Å². The largest absolute Gasteiger partial charge is 0.355 e. The van der Waals surface area contributed by atoms with Crippen molar-refractivity contribution in [3.05, 3.63) is 29.6 Å². The predicted molar refractivity (Wildman–Crippen MR) is 74.7 cm³/mol. The summed E-state index contributed by atoms with van der Waals surface area (Å²) in [6, 6.07) is 4.21. The molecule has 2 N–H and O–H groups in total. The number of nitrogens with one attached hydrogen (secondary N) is 2. The van der Waals surface area contributed by atoms with Crippen LogP contribution in [0.25, 0.3) is 0 Å². The zero-order valence-corrected chi connectivity index (χ0v) is 11.7. The molecule has 2 atom stereocenters. The van der Waals surface area contributed by atoms with E-state index in [0.29, 0.717) is 23.7 Å². The summed E-state index contributed by atoms with van der Waals surface area (Å²) in [6.45, 7) is 4.09. The van der Waals surface area contributed by atoms with Gasteiger partial charge in [0.05, 0.1) is 0 Å². The van der Waals surface area contributed by atoms with Crippen molar-refractivity contribution in [1.82, 2.24) is 5.32 Å². The summed E-state index contributed by atoms with van der Waals surface area (Å²) in [6.07, 6.45) is 1.15. The van der Waals surface area contributed by atoms with Crippen LogP contribution < -0.4 is 10.6 Å². The summed E-state index contributed by atoms with van der Waals surface area (Å²) < 4.78 is 12.9. The number of rotatable bonds is 5. The Bertz CT molecular complexity index is 531. The van der Waals surface area contributed by atoms with E-state index in [4.69, 9.17) is 0 Å². The van der Waals surface area contributed by atoms with Gasteiger partial charge in [-0.2, -0.15) is 0 Å². The number of aryl methyl sites for hydroxylation is 1. The minimum absolute atomic E-state index is 0.0308. The van der Waals surface area contributed by atoms with Crippen molar-refractivity contribution < 1.29 is 14.0 Å². The minimum Gasteiger partial charge on any atom is -0.355 e. The van der Waals surface area contributed by atoms with Crippen LogP contribution in [0.1, 0.15) is 25.3 Å². The van der Waals surface area contributed by atoms with Crippen molar-refractivity contribution >= 4 is 17.5 Å². The number of benzene rings is 1. The normalized spacial score (nSPS) is 20.4. The number of amides is 2. The fourth-order valence-electron chi connectivity index (χ4n) is 2.10. The van der Waals surface area contributed by atoms with Crippen LogP contribution in [0.5, 0.6) is 0 Å². The van der Waals surface area contributed by atoms with Crippen LogP contribution in [0.15, 0.2) is 18.2 Å². The molecule has 1 aliphatic rings. The maximum atomic E-state index is 12.9. The van der Waals surface area contributed by atoms with Gasteiger partial charge in [0, 0.05) is 24.6 Å². The first-order valence-corrected chi connectivity index (χ1v) is 6.81. The number of anilines is 1. The molecule has 1 saturated carbocycles. The summed E-state index contributed by atoms with van der Waals surface area (Å²) >= 11 is 0. The summed E-state index contributed by atoms with van der Waals surface area (Å²) in [5, 5.41) is 5.46. The lowest BCUT2D eigenvalue weighted by Gasteiger charge is -2.09. The second-order valence-corrected chi connectivity index (χ2v) is 5.37. The number of hydrogen-bond donors (Lipinski definition) is 2. The summed E-state index contributed by atoms with van der Waals surface area (Å²) in [5.41, 5.74) is 1.27. The smallest absolute Gasteiger partial charge is 0.226 e. The zero-order chi connectivity index (χ0) is 14.7. The molecule has 0 spiro atoms. The molecule has 2 amide bonds. The molecular formula is C15H19FN2O2. The minimum atomic E-state index is -0.327. The third kappa shape index (κ3) is 3.79. The predicted octanol–water partition coefficient (Wildman–Crippen LogP) is 2.23. The van der Waals surface area contributed by atoms with Gasteiger partial charge in [0.1, 0.15) is 5.82 Å². The third-order valence-electron chi connectivity index (χ3n) is 3.56. The molecule has 0 unspecified atom stereocenters. The molecule has 1 aromatic carbocycles. The molecule has 0 aromatic heterocycles. The Morgan fingerprint density at radius 1 is 1.40 bits per heavy atom. The second-order valence-electron chi connectivity index (χ2n) is 5.37. The Morgan fingerprint density at radius 2 is 2.10 bits per heavy atom. The fraction of sp³-hybridized carbons (Fsp3) is 0.467. The number of carbonyl (C=O) groups excluding carboxylic acids is 2. The first-order chi connectivity index (χ1) is 9.47. The Kier molecular flexibility index (Phi) is 4.37. The molecule has 0 radical (unpaired) electrons. The molecule has 0 saturated heterocycles. The van der Waals surface area contributed by atoms with Gasteiger partial charge in [-0.3, -0.25) is 9.59 Å². The van der Waals surface area contributed by atoms with Crippen molar-refractivity contribution in [2.45, 2.75) is 26.7 Å². The molecule has 4 nitrogen and oxygen atoms in total. The highest BCUT2D eigenvalue weighted by molar-refractivity contribution is 5.92. The first-order valence-electron chi connectivity index (χ1n) is 6.81. The van der Waals surface area contributed by atoms with Crippen molar-refractivity contribution in [2.24, 2.45) is 11.8 Å². The highest BCUT2D eigenvalue weighted by atomic mass is 19.1. The maximum Gasteiger partial charge on any atom is 0.226 e. The molecule has 20 heavy (non-hydrogen) atoms. The van der Waals surface area contributed by atoms with E-state index in [1.165, 1.54) is 18.2 Å². The average molecular weight is 278 g/mol. The van der Waals surface area contributed by atoms with Gasteiger partial charge in [-0.15, -0.1) is 0 Å². The van der Waals surface area contributed by atoms with Crippen LogP contribution >= 0.6 is 0 Å². The molecule has 1 aromatic rings. The third-order valence-corrected chi connectivity index (χ3v) is 3.56. The van der Waals surface area contributed by atoms with E-state index in [-0.39, 0.29) is 30.0 Å². The Morgan fingerprint density at radius 3 is 2.70 bits per heavy atom. The van der Waals surface area contributed by atoms with E-state index in [0.717, 1.165) is 6.42 Å². The van der Waals surface area contributed by atoms with Gasteiger partial charge in [0.25, 0.3) is 0 Å². The Labute approximate surface area is 117 Å². The van der Waals surface area contributed by atoms with Crippen molar-refractivity contribution in [3.63, 3.8) is 0 Å². The highest BCUT2D eigenvalue weighted by Gasteiger charge is 2.38. The number of carbonyl (C=O) groups is 2.